The van der Waals surface area contributed by atoms with Gasteiger partial charge in [0.05, 0.1) is 0 Å². The average molecular weight is 249 g/mol. The van der Waals surface area contributed by atoms with Crippen LogP contribution < -0.4 is 11.1 Å². The molecule has 84 valence electrons. The van der Waals surface area contributed by atoms with Crippen LogP contribution in [0.2, 0.25) is 5.02 Å². The molecule has 0 aliphatic heterocycles. The Morgan fingerprint density at radius 2 is 2.33 bits per heavy atom. The first kappa shape index (κ1) is 12.2. The molecule has 15 heavy (non-hydrogen) atoms. The van der Waals surface area contributed by atoms with Crippen LogP contribution in [0.4, 0.5) is 11.6 Å². The van der Waals surface area contributed by atoms with Gasteiger partial charge in [-0.25, -0.2) is 9.97 Å². The topological polar surface area (TPSA) is 80.9 Å². The number of aromatic nitrogens is 2. The van der Waals surface area contributed by atoms with E-state index in [0.29, 0.717) is 17.4 Å². The average Bonchev–Trinajstić information content (AvgIpc) is 2.19. The van der Waals surface area contributed by atoms with Crippen LogP contribution in [0, 0.1) is 0 Å². The highest BCUT2D eigenvalue weighted by Gasteiger charge is 2.09. The van der Waals surface area contributed by atoms with E-state index in [4.69, 9.17) is 17.3 Å². The van der Waals surface area contributed by atoms with E-state index >= 15 is 0 Å². The molecule has 1 aromatic heterocycles. The molecule has 0 fully saturated rings. The van der Waals surface area contributed by atoms with Crippen molar-refractivity contribution in [3.63, 3.8) is 0 Å². The van der Waals surface area contributed by atoms with Crippen LogP contribution in [-0.4, -0.2) is 32.2 Å². The summed E-state index contributed by atoms with van der Waals surface area (Å²) < 4.78 is 11.1. The van der Waals surface area contributed by atoms with Crippen LogP contribution in [0.3, 0.4) is 0 Å². The third-order valence-corrected chi connectivity index (χ3v) is 3.61. The van der Waals surface area contributed by atoms with Gasteiger partial charge in [0.15, 0.2) is 0 Å². The lowest BCUT2D eigenvalue weighted by Gasteiger charge is -2.11. The second-order valence-corrected chi connectivity index (χ2v) is 5.29. The molecule has 0 aromatic carbocycles. The van der Waals surface area contributed by atoms with Crippen molar-refractivity contribution in [3.8, 4) is 0 Å². The predicted molar refractivity (Wildman–Crippen MR) is 63.5 cm³/mol. The van der Waals surface area contributed by atoms with Crippen LogP contribution in [0.15, 0.2) is 6.33 Å². The molecule has 2 unspecified atom stereocenters. The van der Waals surface area contributed by atoms with Gasteiger partial charge in [0, 0.05) is 28.9 Å². The minimum absolute atomic E-state index is 0.0252. The molecule has 0 aliphatic carbocycles. The Hall–Kier alpha value is -0.880. The second kappa shape index (κ2) is 5.27. The van der Waals surface area contributed by atoms with Gasteiger partial charge >= 0.3 is 0 Å². The highest BCUT2D eigenvalue weighted by Crippen LogP contribution is 2.22. The van der Waals surface area contributed by atoms with Crippen LogP contribution in [0.25, 0.3) is 0 Å². The smallest absolute Gasteiger partial charge is 0.150 e. The molecule has 1 rings (SSSR count). The number of nitrogens with zero attached hydrogens (tertiary/aromatic N) is 2. The van der Waals surface area contributed by atoms with Gasteiger partial charge < -0.3 is 11.1 Å². The minimum atomic E-state index is -0.876. The summed E-state index contributed by atoms with van der Waals surface area (Å²) >= 11 is 5.87. The van der Waals surface area contributed by atoms with Crippen LogP contribution in [-0.2, 0) is 10.8 Å². The lowest BCUT2D eigenvalue weighted by Crippen LogP contribution is -2.21. The molecule has 0 aliphatic rings. The summed E-state index contributed by atoms with van der Waals surface area (Å²) in [6.07, 6.45) is 2.99. The number of nitrogens with one attached hydrogen (secondary N) is 1. The minimum Gasteiger partial charge on any atom is -0.382 e. The van der Waals surface area contributed by atoms with Gasteiger partial charge in [0.1, 0.15) is 23.0 Å². The SMILES string of the molecule is CC(CNc1ncnc(N)c1Cl)S(C)=O. The Morgan fingerprint density at radius 1 is 1.67 bits per heavy atom. The second-order valence-electron chi connectivity index (χ2n) is 3.11. The maximum Gasteiger partial charge on any atom is 0.150 e. The number of anilines is 2. The van der Waals surface area contributed by atoms with E-state index < -0.39 is 10.8 Å². The summed E-state index contributed by atoms with van der Waals surface area (Å²) in [7, 11) is -0.876. The molecule has 2 atom stereocenters. The Labute approximate surface area is 95.9 Å². The normalized spacial score (nSPS) is 14.6. The van der Waals surface area contributed by atoms with Crippen molar-refractivity contribution in [2.75, 3.05) is 23.9 Å². The van der Waals surface area contributed by atoms with E-state index in [9.17, 15) is 4.21 Å². The molecule has 7 heteroatoms. The maximum atomic E-state index is 11.1. The summed E-state index contributed by atoms with van der Waals surface area (Å²) in [4.78, 5) is 7.67. The number of hydrogen-bond donors (Lipinski definition) is 2. The summed E-state index contributed by atoms with van der Waals surface area (Å²) in [5.74, 6) is 0.709. The first-order chi connectivity index (χ1) is 7.02. The summed E-state index contributed by atoms with van der Waals surface area (Å²) in [6.45, 7) is 2.40. The fourth-order valence-electron chi connectivity index (χ4n) is 0.864. The summed E-state index contributed by atoms with van der Waals surface area (Å²) in [5, 5.41) is 3.30. The van der Waals surface area contributed by atoms with Crippen LogP contribution >= 0.6 is 11.6 Å². The number of halogens is 1. The third-order valence-electron chi connectivity index (χ3n) is 1.94. The number of nitrogen functional groups attached to an aromatic ring is 1. The van der Waals surface area contributed by atoms with E-state index in [1.54, 1.807) is 6.26 Å². The van der Waals surface area contributed by atoms with Crippen molar-refractivity contribution in [3.05, 3.63) is 11.3 Å². The molecule has 0 saturated heterocycles. The molecule has 0 saturated carbocycles. The highest BCUT2D eigenvalue weighted by molar-refractivity contribution is 7.84. The van der Waals surface area contributed by atoms with E-state index in [1.165, 1.54) is 6.33 Å². The molecule has 0 spiro atoms. The molecule has 3 N–H and O–H groups in total. The zero-order valence-electron chi connectivity index (χ0n) is 8.53. The van der Waals surface area contributed by atoms with Crippen molar-refractivity contribution in [1.82, 2.24) is 9.97 Å². The first-order valence-corrected chi connectivity index (χ1v) is 6.34. The van der Waals surface area contributed by atoms with Crippen molar-refractivity contribution < 1.29 is 4.21 Å². The molecular formula is C8H13ClN4OS. The van der Waals surface area contributed by atoms with E-state index in [-0.39, 0.29) is 11.1 Å². The van der Waals surface area contributed by atoms with E-state index in [1.807, 2.05) is 6.92 Å². The van der Waals surface area contributed by atoms with Crippen molar-refractivity contribution in [1.29, 1.82) is 0 Å². The highest BCUT2D eigenvalue weighted by atomic mass is 35.5. The fraction of sp³-hybridized carbons (Fsp3) is 0.500. The van der Waals surface area contributed by atoms with Gasteiger partial charge in [0.25, 0.3) is 0 Å². The molecule has 0 radical (unpaired) electrons. The molecular weight excluding hydrogens is 236 g/mol. The standard InChI is InChI=1S/C8H13ClN4OS/c1-5(15(2)14)3-11-8-6(9)7(10)12-4-13-8/h4-5H,3H2,1-2H3,(H3,10,11,12,13). The zero-order chi connectivity index (χ0) is 11.4. The quantitative estimate of drug-likeness (QED) is 0.827. The van der Waals surface area contributed by atoms with Gasteiger partial charge in [-0.2, -0.15) is 0 Å². The largest absolute Gasteiger partial charge is 0.382 e. The summed E-state index contributed by atoms with van der Waals surface area (Å²) in [5.41, 5.74) is 5.50. The molecule has 1 aromatic rings. The van der Waals surface area contributed by atoms with Gasteiger partial charge in [-0.15, -0.1) is 0 Å². The molecule has 0 bridgehead atoms. The Kier molecular flexibility index (Phi) is 4.28. The van der Waals surface area contributed by atoms with Gasteiger partial charge in [-0.3, -0.25) is 4.21 Å². The number of nitrogens with two attached hydrogens (primary N) is 1. The van der Waals surface area contributed by atoms with Gasteiger partial charge in [-0.05, 0) is 6.92 Å². The van der Waals surface area contributed by atoms with Crippen molar-refractivity contribution in [2.24, 2.45) is 0 Å². The van der Waals surface area contributed by atoms with Crippen molar-refractivity contribution >= 4 is 34.0 Å². The molecule has 0 amide bonds. The fourth-order valence-corrected chi connectivity index (χ4v) is 1.35. The van der Waals surface area contributed by atoms with Crippen LogP contribution in [0.5, 0.6) is 0 Å². The Balaban J connectivity index is 2.66. The molecule has 5 nitrogen and oxygen atoms in total. The molecule has 1 heterocycles. The first-order valence-electron chi connectivity index (χ1n) is 4.34. The van der Waals surface area contributed by atoms with Crippen molar-refractivity contribution in [2.45, 2.75) is 12.2 Å². The van der Waals surface area contributed by atoms with E-state index in [2.05, 4.69) is 15.3 Å². The third kappa shape index (κ3) is 3.32. The Bertz CT molecular complexity index is 374. The lowest BCUT2D eigenvalue weighted by molar-refractivity contribution is 0.679. The van der Waals surface area contributed by atoms with Gasteiger partial charge in [-0.1, -0.05) is 11.6 Å². The zero-order valence-corrected chi connectivity index (χ0v) is 10.1. The predicted octanol–water partition coefficient (Wildman–Crippen LogP) is 0.891. The van der Waals surface area contributed by atoms with E-state index in [0.717, 1.165) is 0 Å². The van der Waals surface area contributed by atoms with Gasteiger partial charge in [0.2, 0.25) is 0 Å². The Morgan fingerprint density at radius 3 is 2.93 bits per heavy atom. The summed E-state index contributed by atoms with van der Waals surface area (Å²) in [6, 6.07) is 0. The number of rotatable bonds is 4. The monoisotopic (exact) mass is 248 g/mol. The number of hydrogen-bond acceptors (Lipinski definition) is 5. The maximum absolute atomic E-state index is 11.1. The van der Waals surface area contributed by atoms with Crippen LogP contribution in [0.1, 0.15) is 6.92 Å². The lowest BCUT2D eigenvalue weighted by atomic mass is 10.4.